The highest BCUT2D eigenvalue weighted by Gasteiger charge is 2.24. The molecule has 1 aromatic heterocycles. The van der Waals surface area contributed by atoms with Crippen LogP contribution in [0.1, 0.15) is 32.6 Å². The molecule has 1 fully saturated rings. The number of likely N-dealkylation sites (tertiary alicyclic amines) is 1. The maximum atomic E-state index is 12.8. The van der Waals surface area contributed by atoms with Crippen LogP contribution in [-0.4, -0.2) is 34.9 Å². The van der Waals surface area contributed by atoms with Gasteiger partial charge in [0, 0.05) is 35.4 Å². The van der Waals surface area contributed by atoms with E-state index in [0.29, 0.717) is 5.02 Å². The van der Waals surface area contributed by atoms with E-state index in [2.05, 4.69) is 10.3 Å². The number of aromatic nitrogens is 1. The first-order chi connectivity index (χ1) is 11.2. The molecule has 0 saturated carbocycles. The summed E-state index contributed by atoms with van der Waals surface area (Å²) < 4.78 is 0. The largest absolute Gasteiger partial charge is 0.373 e. The molecule has 2 aromatic rings. The van der Waals surface area contributed by atoms with Gasteiger partial charge in [0.2, 0.25) is 5.91 Å². The Morgan fingerprint density at radius 3 is 2.83 bits per heavy atom. The third-order valence-corrected chi connectivity index (χ3v) is 4.64. The molecule has 3 rings (SSSR count). The molecule has 1 aromatic carbocycles. The summed E-state index contributed by atoms with van der Waals surface area (Å²) in [6.45, 7) is 3.80. The first-order valence-electron chi connectivity index (χ1n) is 8.28. The Balaban J connectivity index is 1.82. The SMILES string of the molecule is CCC(Nc1ccnc2cc(Cl)ccc12)C(=O)N1CCCCC1. The van der Waals surface area contributed by atoms with Crippen molar-refractivity contribution < 1.29 is 4.79 Å². The molecule has 1 atom stereocenters. The maximum Gasteiger partial charge on any atom is 0.245 e. The van der Waals surface area contributed by atoms with Crippen molar-refractivity contribution in [1.29, 1.82) is 0 Å². The summed E-state index contributed by atoms with van der Waals surface area (Å²) in [5.41, 5.74) is 1.77. The molecular formula is C18H22ClN3O. The van der Waals surface area contributed by atoms with Crippen LogP contribution >= 0.6 is 11.6 Å². The molecular weight excluding hydrogens is 310 g/mol. The highest BCUT2D eigenvalue weighted by molar-refractivity contribution is 6.31. The minimum atomic E-state index is -0.200. The fraction of sp³-hybridized carbons (Fsp3) is 0.444. The molecule has 5 heteroatoms. The van der Waals surface area contributed by atoms with E-state index in [-0.39, 0.29) is 11.9 Å². The van der Waals surface area contributed by atoms with Gasteiger partial charge in [-0.05, 0) is 49.9 Å². The molecule has 0 aliphatic carbocycles. The summed E-state index contributed by atoms with van der Waals surface area (Å²) in [7, 11) is 0. The maximum absolute atomic E-state index is 12.8. The van der Waals surface area contributed by atoms with Crippen LogP contribution in [0.3, 0.4) is 0 Å². The Kier molecular flexibility index (Phi) is 5.01. The molecule has 23 heavy (non-hydrogen) atoms. The number of anilines is 1. The lowest BCUT2D eigenvalue weighted by Crippen LogP contribution is -2.45. The van der Waals surface area contributed by atoms with E-state index in [4.69, 9.17) is 11.6 Å². The minimum Gasteiger partial charge on any atom is -0.373 e. The lowest BCUT2D eigenvalue weighted by atomic mass is 10.1. The van der Waals surface area contributed by atoms with Crippen LogP contribution in [0.5, 0.6) is 0 Å². The molecule has 1 unspecified atom stereocenters. The van der Waals surface area contributed by atoms with E-state index in [1.807, 2.05) is 36.1 Å². The van der Waals surface area contributed by atoms with Crippen molar-refractivity contribution in [2.45, 2.75) is 38.6 Å². The smallest absolute Gasteiger partial charge is 0.245 e. The average molecular weight is 332 g/mol. The summed E-state index contributed by atoms with van der Waals surface area (Å²) in [5, 5.41) is 5.07. The van der Waals surface area contributed by atoms with Gasteiger partial charge in [-0.1, -0.05) is 18.5 Å². The number of hydrogen-bond donors (Lipinski definition) is 1. The van der Waals surface area contributed by atoms with Gasteiger partial charge in [-0.3, -0.25) is 9.78 Å². The van der Waals surface area contributed by atoms with E-state index in [1.165, 1.54) is 6.42 Å². The van der Waals surface area contributed by atoms with Gasteiger partial charge in [-0.2, -0.15) is 0 Å². The van der Waals surface area contributed by atoms with Gasteiger partial charge in [0.15, 0.2) is 0 Å². The fourth-order valence-electron chi connectivity index (χ4n) is 3.11. The van der Waals surface area contributed by atoms with Crippen LogP contribution in [0.15, 0.2) is 30.5 Å². The molecule has 1 N–H and O–H groups in total. The highest BCUT2D eigenvalue weighted by Crippen LogP contribution is 2.25. The molecule has 0 bridgehead atoms. The number of amides is 1. The Morgan fingerprint density at radius 1 is 1.30 bits per heavy atom. The van der Waals surface area contributed by atoms with E-state index in [9.17, 15) is 4.79 Å². The Hall–Kier alpha value is -1.81. The Bertz CT molecular complexity index is 698. The van der Waals surface area contributed by atoms with E-state index in [0.717, 1.165) is 48.9 Å². The lowest BCUT2D eigenvalue weighted by molar-refractivity contribution is -0.132. The van der Waals surface area contributed by atoms with Gasteiger partial charge in [0.25, 0.3) is 0 Å². The van der Waals surface area contributed by atoms with E-state index in [1.54, 1.807) is 6.20 Å². The van der Waals surface area contributed by atoms with Crippen LogP contribution in [0.4, 0.5) is 5.69 Å². The van der Waals surface area contributed by atoms with Crippen LogP contribution in [0, 0.1) is 0 Å². The van der Waals surface area contributed by atoms with Gasteiger partial charge >= 0.3 is 0 Å². The summed E-state index contributed by atoms with van der Waals surface area (Å²) in [6.07, 6.45) is 5.95. The number of rotatable bonds is 4. The standard InChI is InChI=1S/C18H22ClN3O/c1-2-15(18(23)22-10-4-3-5-11-22)21-16-8-9-20-17-12-13(19)6-7-14(16)17/h6-9,12,15H,2-5,10-11H2,1H3,(H,20,21). The summed E-state index contributed by atoms with van der Waals surface area (Å²) in [5.74, 6) is 0.200. The van der Waals surface area contributed by atoms with Crippen LogP contribution in [0.2, 0.25) is 5.02 Å². The number of nitrogens with one attached hydrogen (secondary N) is 1. The van der Waals surface area contributed by atoms with Crippen molar-refractivity contribution in [1.82, 2.24) is 9.88 Å². The van der Waals surface area contributed by atoms with Gasteiger partial charge < -0.3 is 10.2 Å². The summed E-state index contributed by atoms with van der Waals surface area (Å²) in [4.78, 5) is 19.1. The van der Waals surface area contributed by atoms with Crippen molar-refractivity contribution in [3.05, 3.63) is 35.5 Å². The summed E-state index contributed by atoms with van der Waals surface area (Å²) in [6, 6.07) is 7.36. The first-order valence-corrected chi connectivity index (χ1v) is 8.66. The summed E-state index contributed by atoms with van der Waals surface area (Å²) >= 11 is 6.03. The molecule has 0 spiro atoms. The molecule has 0 radical (unpaired) electrons. The molecule has 1 amide bonds. The van der Waals surface area contributed by atoms with E-state index >= 15 is 0 Å². The molecule has 122 valence electrons. The van der Waals surface area contributed by atoms with Gasteiger partial charge in [-0.25, -0.2) is 0 Å². The van der Waals surface area contributed by atoms with Gasteiger partial charge in [0.05, 0.1) is 5.52 Å². The molecule has 1 saturated heterocycles. The number of hydrogen-bond acceptors (Lipinski definition) is 3. The van der Waals surface area contributed by atoms with Crippen molar-refractivity contribution in [2.24, 2.45) is 0 Å². The number of halogens is 1. The third-order valence-electron chi connectivity index (χ3n) is 4.41. The monoisotopic (exact) mass is 331 g/mol. The van der Waals surface area contributed by atoms with Crippen molar-refractivity contribution >= 4 is 34.1 Å². The number of pyridine rings is 1. The first kappa shape index (κ1) is 16.1. The molecule has 4 nitrogen and oxygen atoms in total. The molecule has 2 heterocycles. The number of benzene rings is 1. The zero-order chi connectivity index (χ0) is 16.2. The van der Waals surface area contributed by atoms with E-state index < -0.39 is 0 Å². The second kappa shape index (κ2) is 7.18. The van der Waals surface area contributed by atoms with Crippen LogP contribution in [-0.2, 0) is 4.79 Å². The topological polar surface area (TPSA) is 45.2 Å². The van der Waals surface area contributed by atoms with Gasteiger partial charge in [0.1, 0.15) is 6.04 Å². The van der Waals surface area contributed by atoms with Crippen molar-refractivity contribution in [3.63, 3.8) is 0 Å². The van der Waals surface area contributed by atoms with Gasteiger partial charge in [-0.15, -0.1) is 0 Å². The lowest BCUT2D eigenvalue weighted by Gasteiger charge is -2.31. The predicted molar refractivity (Wildman–Crippen MR) is 94.9 cm³/mol. The highest BCUT2D eigenvalue weighted by atomic mass is 35.5. The van der Waals surface area contributed by atoms with Crippen LogP contribution < -0.4 is 5.32 Å². The number of nitrogens with zero attached hydrogens (tertiary/aromatic N) is 2. The van der Waals surface area contributed by atoms with Crippen LogP contribution in [0.25, 0.3) is 10.9 Å². The molecule has 1 aliphatic heterocycles. The number of carbonyl (C=O) groups is 1. The quantitative estimate of drug-likeness (QED) is 0.917. The number of piperidine rings is 1. The number of fused-ring (bicyclic) bond motifs is 1. The fourth-order valence-corrected chi connectivity index (χ4v) is 3.27. The predicted octanol–water partition coefficient (Wildman–Crippen LogP) is 4.09. The molecule has 1 aliphatic rings. The zero-order valence-electron chi connectivity index (χ0n) is 13.4. The van der Waals surface area contributed by atoms with Crippen molar-refractivity contribution in [3.8, 4) is 0 Å². The second-order valence-electron chi connectivity index (χ2n) is 6.01. The average Bonchev–Trinajstić information content (AvgIpc) is 2.59. The Morgan fingerprint density at radius 2 is 2.09 bits per heavy atom. The van der Waals surface area contributed by atoms with Crippen molar-refractivity contribution in [2.75, 3.05) is 18.4 Å². The Labute approximate surface area is 141 Å². The number of carbonyl (C=O) groups excluding carboxylic acids is 1. The minimum absolute atomic E-state index is 0.200. The second-order valence-corrected chi connectivity index (χ2v) is 6.45. The zero-order valence-corrected chi connectivity index (χ0v) is 14.1. The normalized spacial score (nSPS) is 16.3. The third kappa shape index (κ3) is 3.58.